The van der Waals surface area contributed by atoms with Gasteiger partial charge in [0.05, 0.1) is 10.4 Å². The summed E-state index contributed by atoms with van der Waals surface area (Å²) in [4.78, 5) is 24.4. The van der Waals surface area contributed by atoms with Crippen molar-refractivity contribution in [3.05, 3.63) is 59.1 Å². The van der Waals surface area contributed by atoms with Crippen LogP contribution in [0.3, 0.4) is 0 Å². The molecule has 0 aliphatic carbocycles. The van der Waals surface area contributed by atoms with Crippen molar-refractivity contribution in [2.45, 2.75) is 37.6 Å². The first-order valence-corrected chi connectivity index (χ1v) is 10.9. The highest BCUT2D eigenvalue weighted by atomic mass is 32.2. The molecular formula is C20H23N3O5S. The third kappa shape index (κ3) is 5.12. The van der Waals surface area contributed by atoms with Crippen molar-refractivity contribution in [2.24, 2.45) is 0 Å². The standard InChI is InChI=1S/C20H23N3O5S/c1-2-3-12-21-29(26,27)16-8-6-7-15(14-16)22-19(24)11-13-23-17-9-4-5-10-18(17)28-20(23)25/h4-10,14,21H,2-3,11-13H2,1H3,(H,22,24). The number of amides is 1. The van der Waals surface area contributed by atoms with Crippen LogP contribution in [0, 0.1) is 0 Å². The molecule has 0 unspecified atom stereocenters. The number of hydrogen-bond acceptors (Lipinski definition) is 5. The van der Waals surface area contributed by atoms with Crippen LogP contribution in [-0.2, 0) is 21.4 Å². The molecule has 1 heterocycles. The molecule has 1 amide bonds. The number of fused-ring (bicyclic) bond motifs is 1. The predicted molar refractivity (Wildman–Crippen MR) is 110 cm³/mol. The molecule has 0 aliphatic rings. The van der Waals surface area contributed by atoms with Gasteiger partial charge in [-0.25, -0.2) is 17.9 Å². The second kappa shape index (κ2) is 9.06. The van der Waals surface area contributed by atoms with E-state index in [9.17, 15) is 18.0 Å². The average molecular weight is 417 g/mol. The van der Waals surface area contributed by atoms with Crippen LogP contribution in [0.25, 0.3) is 11.1 Å². The Bertz CT molecular complexity index is 1160. The lowest BCUT2D eigenvalue weighted by atomic mass is 10.3. The number of unbranched alkanes of at least 4 members (excludes halogenated alkanes) is 1. The Morgan fingerprint density at radius 3 is 2.72 bits per heavy atom. The summed E-state index contributed by atoms with van der Waals surface area (Å²) in [6, 6.07) is 13.0. The van der Waals surface area contributed by atoms with Crippen molar-refractivity contribution in [3.63, 3.8) is 0 Å². The van der Waals surface area contributed by atoms with E-state index >= 15 is 0 Å². The largest absolute Gasteiger partial charge is 0.419 e. The summed E-state index contributed by atoms with van der Waals surface area (Å²) in [5, 5.41) is 2.67. The van der Waals surface area contributed by atoms with Crippen LogP contribution in [0.5, 0.6) is 0 Å². The molecule has 2 aromatic carbocycles. The van der Waals surface area contributed by atoms with Crippen molar-refractivity contribution in [1.29, 1.82) is 0 Å². The normalized spacial score (nSPS) is 11.6. The van der Waals surface area contributed by atoms with Crippen molar-refractivity contribution in [1.82, 2.24) is 9.29 Å². The van der Waals surface area contributed by atoms with Crippen LogP contribution < -0.4 is 15.8 Å². The molecule has 3 aromatic rings. The topological polar surface area (TPSA) is 110 Å². The van der Waals surface area contributed by atoms with Crippen LogP contribution in [-0.4, -0.2) is 25.4 Å². The van der Waals surface area contributed by atoms with E-state index in [-0.39, 0.29) is 23.8 Å². The number of carbonyl (C=O) groups is 1. The third-order valence-electron chi connectivity index (χ3n) is 4.39. The number of carbonyl (C=O) groups excluding carboxylic acids is 1. The van der Waals surface area contributed by atoms with E-state index in [1.54, 1.807) is 36.4 Å². The Morgan fingerprint density at radius 1 is 1.14 bits per heavy atom. The molecule has 154 valence electrons. The molecular weight excluding hydrogens is 394 g/mol. The van der Waals surface area contributed by atoms with Gasteiger partial charge in [-0.15, -0.1) is 0 Å². The van der Waals surface area contributed by atoms with Gasteiger partial charge in [0.1, 0.15) is 0 Å². The summed E-state index contributed by atoms with van der Waals surface area (Å²) in [5.41, 5.74) is 1.46. The lowest BCUT2D eigenvalue weighted by molar-refractivity contribution is -0.116. The molecule has 0 fully saturated rings. The molecule has 1 aromatic heterocycles. The molecule has 0 aliphatic heterocycles. The number of aromatic nitrogens is 1. The van der Waals surface area contributed by atoms with Crippen molar-refractivity contribution in [2.75, 3.05) is 11.9 Å². The van der Waals surface area contributed by atoms with Gasteiger partial charge in [-0.05, 0) is 36.8 Å². The molecule has 0 atom stereocenters. The first-order valence-electron chi connectivity index (χ1n) is 9.38. The zero-order valence-corrected chi connectivity index (χ0v) is 16.9. The first kappa shape index (κ1) is 20.8. The summed E-state index contributed by atoms with van der Waals surface area (Å²) >= 11 is 0. The number of aryl methyl sites for hydroxylation is 1. The maximum Gasteiger partial charge on any atom is 0.419 e. The molecule has 9 heteroatoms. The van der Waals surface area contributed by atoms with Crippen LogP contribution in [0.1, 0.15) is 26.2 Å². The van der Waals surface area contributed by atoms with Gasteiger partial charge in [0.2, 0.25) is 15.9 Å². The van der Waals surface area contributed by atoms with E-state index in [2.05, 4.69) is 10.0 Å². The van der Waals surface area contributed by atoms with Crippen LogP contribution >= 0.6 is 0 Å². The quantitative estimate of drug-likeness (QED) is 0.520. The number of nitrogens with one attached hydrogen (secondary N) is 2. The maximum absolute atomic E-state index is 12.3. The lowest BCUT2D eigenvalue weighted by Gasteiger charge is -2.09. The van der Waals surface area contributed by atoms with E-state index < -0.39 is 15.8 Å². The van der Waals surface area contributed by atoms with Crippen LogP contribution in [0.2, 0.25) is 0 Å². The maximum atomic E-state index is 12.3. The molecule has 0 bridgehead atoms. The Morgan fingerprint density at radius 2 is 1.93 bits per heavy atom. The highest BCUT2D eigenvalue weighted by Crippen LogP contribution is 2.16. The second-order valence-electron chi connectivity index (χ2n) is 6.56. The summed E-state index contributed by atoms with van der Waals surface area (Å²) in [6.07, 6.45) is 1.67. The van der Waals surface area contributed by atoms with Crippen molar-refractivity contribution >= 4 is 32.7 Å². The molecule has 2 N–H and O–H groups in total. The number of para-hydroxylation sites is 2. The second-order valence-corrected chi connectivity index (χ2v) is 8.33. The van der Waals surface area contributed by atoms with Gasteiger partial charge in [-0.3, -0.25) is 9.36 Å². The number of oxazole rings is 1. The number of rotatable bonds is 9. The number of anilines is 1. The SMILES string of the molecule is CCCCNS(=O)(=O)c1cccc(NC(=O)CCn2c(=O)oc3ccccc32)c1. The summed E-state index contributed by atoms with van der Waals surface area (Å²) in [5.74, 6) is -0.860. The fraction of sp³-hybridized carbons (Fsp3) is 0.300. The zero-order valence-electron chi connectivity index (χ0n) is 16.1. The molecule has 0 saturated carbocycles. The number of hydrogen-bond donors (Lipinski definition) is 2. The summed E-state index contributed by atoms with van der Waals surface area (Å²) in [7, 11) is -3.63. The van der Waals surface area contributed by atoms with Crippen molar-refractivity contribution in [3.8, 4) is 0 Å². The molecule has 3 rings (SSSR count). The highest BCUT2D eigenvalue weighted by molar-refractivity contribution is 7.89. The minimum atomic E-state index is -3.63. The molecule has 8 nitrogen and oxygen atoms in total. The molecule has 29 heavy (non-hydrogen) atoms. The van der Waals surface area contributed by atoms with Gasteiger partial charge in [0.15, 0.2) is 5.58 Å². The van der Waals surface area contributed by atoms with Crippen LogP contribution in [0.15, 0.2) is 62.6 Å². The zero-order chi connectivity index (χ0) is 20.9. The number of nitrogens with zero attached hydrogens (tertiary/aromatic N) is 1. The molecule has 0 spiro atoms. The van der Waals surface area contributed by atoms with E-state index in [1.807, 2.05) is 6.92 Å². The van der Waals surface area contributed by atoms with E-state index in [0.717, 1.165) is 12.8 Å². The summed E-state index contributed by atoms with van der Waals surface area (Å²) in [6.45, 7) is 2.49. The van der Waals surface area contributed by atoms with Gasteiger partial charge in [-0.1, -0.05) is 31.5 Å². The Hall–Kier alpha value is -2.91. The van der Waals surface area contributed by atoms with Gasteiger partial charge in [0, 0.05) is 25.2 Å². The average Bonchev–Trinajstić information content (AvgIpc) is 3.02. The van der Waals surface area contributed by atoms with Crippen LogP contribution in [0.4, 0.5) is 5.69 Å². The minimum absolute atomic E-state index is 0.0369. The Balaban J connectivity index is 1.65. The predicted octanol–water partition coefficient (Wildman–Crippen LogP) is 2.70. The van der Waals surface area contributed by atoms with E-state index in [4.69, 9.17) is 4.42 Å². The lowest BCUT2D eigenvalue weighted by Crippen LogP contribution is -2.25. The highest BCUT2D eigenvalue weighted by Gasteiger charge is 2.15. The Labute approximate surface area is 168 Å². The smallest absolute Gasteiger partial charge is 0.408 e. The van der Waals surface area contributed by atoms with E-state index in [1.165, 1.54) is 16.7 Å². The van der Waals surface area contributed by atoms with Gasteiger partial charge in [-0.2, -0.15) is 0 Å². The van der Waals surface area contributed by atoms with Gasteiger partial charge >= 0.3 is 5.76 Å². The fourth-order valence-corrected chi connectivity index (χ4v) is 3.99. The van der Waals surface area contributed by atoms with Gasteiger partial charge in [0.25, 0.3) is 0 Å². The third-order valence-corrected chi connectivity index (χ3v) is 5.85. The van der Waals surface area contributed by atoms with Gasteiger partial charge < -0.3 is 9.73 Å². The monoisotopic (exact) mass is 417 g/mol. The first-order chi connectivity index (χ1) is 13.9. The van der Waals surface area contributed by atoms with E-state index in [0.29, 0.717) is 23.3 Å². The molecule has 0 saturated heterocycles. The fourth-order valence-electron chi connectivity index (χ4n) is 2.87. The summed E-state index contributed by atoms with van der Waals surface area (Å²) < 4.78 is 33.7. The minimum Gasteiger partial charge on any atom is -0.408 e. The Kier molecular flexibility index (Phi) is 6.50. The number of sulfonamides is 1. The number of benzene rings is 2. The van der Waals surface area contributed by atoms with Crippen molar-refractivity contribution < 1.29 is 17.6 Å². The molecule has 0 radical (unpaired) electrons.